The molecule has 0 amide bonds. The normalized spacial score (nSPS) is 13.2. The second kappa shape index (κ2) is 4.58. The molecule has 0 fully saturated rings. The van der Waals surface area contributed by atoms with Gasteiger partial charge in [0.05, 0.1) is 18.2 Å². The molecule has 92 valence electrons. The summed E-state index contributed by atoms with van der Waals surface area (Å²) in [5.41, 5.74) is 0.619. The van der Waals surface area contributed by atoms with Crippen molar-refractivity contribution in [1.29, 1.82) is 0 Å². The predicted octanol–water partition coefficient (Wildman–Crippen LogP) is 0.639. The molecule has 0 saturated carbocycles. The van der Waals surface area contributed by atoms with Crippen LogP contribution >= 0.6 is 0 Å². The van der Waals surface area contributed by atoms with E-state index >= 15 is 0 Å². The van der Waals surface area contributed by atoms with E-state index in [1.54, 1.807) is 17.9 Å². The number of alkyl halides is 2. The first-order chi connectivity index (χ1) is 8.06. The summed E-state index contributed by atoms with van der Waals surface area (Å²) in [4.78, 5) is 3.89. The molecule has 6 nitrogen and oxygen atoms in total. The highest BCUT2D eigenvalue weighted by Crippen LogP contribution is 2.15. The molecule has 1 unspecified atom stereocenters. The van der Waals surface area contributed by atoms with Crippen molar-refractivity contribution in [2.24, 2.45) is 7.05 Å². The molecule has 8 heteroatoms. The Kier molecular flexibility index (Phi) is 3.14. The van der Waals surface area contributed by atoms with Gasteiger partial charge in [-0.25, -0.2) is 8.78 Å². The highest BCUT2D eigenvalue weighted by molar-refractivity contribution is 5.50. The standard InChI is InChI=1S/C9H10F2N4O2/c1-15-4-5(3-12-15)9-13-7(17-14-9)2-6(16)8(10)11/h3-4,6,8,16H,2H2,1H3. The summed E-state index contributed by atoms with van der Waals surface area (Å²) in [7, 11) is 1.73. The molecule has 0 saturated heterocycles. The van der Waals surface area contributed by atoms with E-state index in [2.05, 4.69) is 15.2 Å². The van der Waals surface area contributed by atoms with Crippen LogP contribution in [0.1, 0.15) is 5.89 Å². The predicted molar refractivity (Wildman–Crippen MR) is 52.2 cm³/mol. The van der Waals surface area contributed by atoms with E-state index in [4.69, 9.17) is 9.63 Å². The molecule has 1 N–H and O–H groups in total. The average Bonchev–Trinajstić information content (AvgIpc) is 2.86. The van der Waals surface area contributed by atoms with Crippen LogP contribution in [0.4, 0.5) is 8.78 Å². The number of rotatable bonds is 4. The third-order valence-electron chi connectivity index (χ3n) is 2.11. The quantitative estimate of drug-likeness (QED) is 0.853. The lowest BCUT2D eigenvalue weighted by Gasteiger charge is -2.04. The minimum atomic E-state index is -2.83. The van der Waals surface area contributed by atoms with Gasteiger partial charge in [0.25, 0.3) is 6.43 Å². The van der Waals surface area contributed by atoms with Gasteiger partial charge in [0, 0.05) is 13.2 Å². The van der Waals surface area contributed by atoms with Crippen LogP contribution in [0.3, 0.4) is 0 Å². The lowest BCUT2D eigenvalue weighted by atomic mass is 10.2. The summed E-state index contributed by atoms with van der Waals surface area (Å²) in [6.45, 7) is 0. The summed E-state index contributed by atoms with van der Waals surface area (Å²) in [6.07, 6.45) is -1.80. The molecule has 0 radical (unpaired) electrons. The number of aromatic nitrogens is 4. The molecule has 0 bridgehead atoms. The first-order valence-electron chi connectivity index (χ1n) is 4.84. The minimum absolute atomic E-state index is 0.0309. The second-order valence-electron chi connectivity index (χ2n) is 3.52. The number of aliphatic hydroxyl groups is 1. The Labute approximate surface area is 94.9 Å². The molecular formula is C9H10F2N4O2. The fraction of sp³-hybridized carbons (Fsp3) is 0.444. The second-order valence-corrected chi connectivity index (χ2v) is 3.52. The van der Waals surface area contributed by atoms with Crippen LogP contribution in [-0.2, 0) is 13.5 Å². The Morgan fingerprint density at radius 1 is 1.53 bits per heavy atom. The van der Waals surface area contributed by atoms with Crippen LogP contribution < -0.4 is 0 Å². The SMILES string of the molecule is Cn1cc(-c2noc(CC(O)C(F)F)n2)cn1. The Morgan fingerprint density at radius 2 is 2.29 bits per heavy atom. The maximum absolute atomic E-state index is 12.1. The largest absolute Gasteiger partial charge is 0.387 e. The Balaban J connectivity index is 2.11. The van der Waals surface area contributed by atoms with Crippen LogP contribution in [0, 0.1) is 0 Å². The van der Waals surface area contributed by atoms with Crippen molar-refractivity contribution in [1.82, 2.24) is 19.9 Å². The van der Waals surface area contributed by atoms with E-state index < -0.39 is 12.5 Å². The smallest absolute Gasteiger partial charge is 0.264 e. The summed E-state index contributed by atoms with van der Waals surface area (Å²) < 4.78 is 30.5. The van der Waals surface area contributed by atoms with Gasteiger partial charge in [-0.3, -0.25) is 4.68 Å². The van der Waals surface area contributed by atoms with E-state index in [0.717, 1.165) is 0 Å². The zero-order valence-corrected chi connectivity index (χ0v) is 8.92. The van der Waals surface area contributed by atoms with Gasteiger partial charge in [-0.05, 0) is 0 Å². The maximum atomic E-state index is 12.1. The molecule has 0 aliphatic carbocycles. The lowest BCUT2D eigenvalue weighted by molar-refractivity contribution is -0.00754. The number of nitrogens with zero attached hydrogens (tertiary/aromatic N) is 4. The summed E-state index contributed by atoms with van der Waals surface area (Å²) in [5.74, 6) is 0.228. The summed E-state index contributed by atoms with van der Waals surface area (Å²) in [5, 5.41) is 16.5. The van der Waals surface area contributed by atoms with E-state index in [9.17, 15) is 8.78 Å². The molecule has 2 heterocycles. The van der Waals surface area contributed by atoms with Crippen LogP contribution in [0.5, 0.6) is 0 Å². The molecule has 2 aromatic heterocycles. The molecule has 0 aromatic carbocycles. The van der Waals surface area contributed by atoms with Gasteiger partial charge in [-0.1, -0.05) is 5.16 Å². The van der Waals surface area contributed by atoms with Crippen molar-refractivity contribution in [2.45, 2.75) is 19.0 Å². The van der Waals surface area contributed by atoms with Gasteiger partial charge in [-0.2, -0.15) is 10.1 Å². The topological polar surface area (TPSA) is 77.0 Å². The summed E-state index contributed by atoms with van der Waals surface area (Å²) in [6, 6.07) is 0. The van der Waals surface area contributed by atoms with Crippen molar-refractivity contribution < 1.29 is 18.4 Å². The number of hydrogen-bond acceptors (Lipinski definition) is 5. The first-order valence-corrected chi connectivity index (χ1v) is 4.84. The van der Waals surface area contributed by atoms with Crippen LogP contribution in [0.15, 0.2) is 16.9 Å². The third-order valence-corrected chi connectivity index (χ3v) is 2.11. The van der Waals surface area contributed by atoms with Crippen LogP contribution in [0.2, 0.25) is 0 Å². The molecule has 0 aliphatic rings. The molecule has 2 rings (SSSR count). The number of aryl methyl sites for hydroxylation is 1. The minimum Gasteiger partial charge on any atom is -0.387 e. The zero-order valence-electron chi connectivity index (χ0n) is 8.92. The molecule has 1 atom stereocenters. The van der Waals surface area contributed by atoms with Crippen molar-refractivity contribution >= 4 is 0 Å². The van der Waals surface area contributed by atoms with Crippen LogP contribution in [0.25, 0.3) is 11.4 Å². The van der Waals surface area contributed by atoms with Crippen molar-refractivity contribution in [2.75, 3.05) is 0 Å². The fourth-order valence-electron chi connectivity index (χ4n) is 1.26. The zero-order chi connectivity index (χ0) is 12.4. The van der Waals surface area contributed by atoms with Gasteiger partial charge < -0.3 is 9.63 Å². The van der Waals surface area contributed by atoms with Crippen LogP contribution in [-0.4, -0.2) is 37.6 Å². The molecular weight excluding hydrogens is 234 g/mol. The van der Waals surface area contributed by atoms with E-state index in [1.165, 1.54) is 6.20 Å². The average molecular weight is 244 g/mol. The van der Waals surface area contributed by atoms with E-state index in [0.29, 0.717) is 5.56 Å². The highest BCUT2D eigenvalue weighted by atomic mass is 19.3. The summed E-state index contributed by atoms with van der Waals surface area (Å²) >= 11 is 0. The first kappa shape index (κ1) is 11.6. The van der Waals surface area contributed by atoms with Gasteiger partial charge in [0.2, 0.25) is 11.7 Å². The Morgan fingerprint density at radius 3 is 2.88 bits per heavy atom. The third kappa shape index (κ3) is 2.64. The van der Waals surface area contributed by atoms with E-state index in [1.807, 2.05) is 0 Å². The van der Waals surface area contributed by atoms with Crippen molar-refractivity contribution in [3.05, 3.63) is 18.3 Å². The van der Waals surface area contributed by atoms with Gasteiger partial charge in [0.15, 0.2) is 0 Å². The maximum Gasteiger partial charge on any atom is 0.264 e. The number of halogens is 2. The van der Waals surface area contributed by atoms with Gasteiger partial charge >= 0.3 is 0 Å². The van der Waals surface area contributed by atoms with Gasteiger partial charge in [0.1, 0.15) is 6.10 Å². The van der Waals surface area contributed by atoms with Gasteiger partial charge in [-0.15, -0.1) is 0 Å². The van der Waals surface area contributed by atoms with Crippen molar-refractivity contribution in [3.8, 4) is 11.4 Å². The van der Waals surface area contributed by atoms with Crippen molar-refractivity contribution in [3.63, 3.8) is 0 Å². The Bertz CT molecular complexity index is 497. The molecule has 0 aliphatic heterocycles. The fourth-order valence-corrected chi connectivity index (χ4v) is 1.26. The van der Waals surface area contributed by atoms with E-state index in [-0.39, 0.29) is 18.1 Å². The molecule has 17 heavy (non-hydrogen) atoms. The number of aliphatic hydroxyl groups excluding tert-OH is 1. The molecule has 0 spiro atoms. The monoisotopic (exact) mass is 244 g/mol. The highest BCUT2D eigenvalue weighted by Gasteiger charge is 2.21. The number of hydrogen-bond donors (Lipinski definition) is 1. The Hall–Kier alpha value is -1.83. The lowest BCUT2D eigenvalue weighted by Crippen LogP contribution is -2.20. The molecule has 2 aromatic rings.